The smallest absolute Gasteiger partial charge is 0.338 e. The number of esters is 1. The molecule has 0 aromatic heterocycles. The van der Waals surface area contributed by atoms with Crippen molar-refractivity contribution in [2.45, 2.75) is 0 Å². The summed E-state index contributed by atoms with van der Waals surface area (Å²) in [6.45, 7) is 3.49. The van der Waals surface area contributed by atoms with E-state index in [2.05, 4.69) is 11.7 Å². The largest absolute Gasteiger partial charge is 0.462 e. The first-order valence-electron chi connectivity index (χ1n) is 3.56. The summed E-state index contributed by atoms with van der Waals surface area (Å²) >= 11 is 11.4. The number of carbonyl (C=O) groups excluding carboxylic acids is 1. The van der Waals surface area contributed by atoms with Crippen LogP contribution in [0.5, 0.6) is 0 Å². The Labute approximate surface area is 86.4 Å². The van der Waals surface area contributed by atoms with Crippen LogP contribution in [-0.2, 0) is 4.74 Å². The SMILES string of the molecule is [CH2]COC(=O)c1ccc(Cl)c(Cl)c1. The van der Waals surface area contributed by atoms with E-state index in [1.807, 2.05) is 0 Å². The van der Waals surface area contributed by atoms with Crippen molar-refractivity contribution in [3.05, 3.63) is 40.7 Å². The lowest BCUT2D eigenvalue weighted by atomic mass is 10.2. The lowest BCUT2D eigenvalue weighted by Crippen LogP contribution is -2.04. The van der Waals surface area contributed by atoms with Crippen LogP contribution in [-0.4, -0.2) is 12.6 Å². The van der Waals surface area contributed by atoms with Crippen molar-refractivity contribution < 1.29 is 9.53 Å². The highest BCUT2D eigenvalue weighted by atomic mass is 35.5. The Kier molecular flexibility index (Phi) is 3.58. The molecule has 0 spiro atoms. The molecule has 0 N–H and O–H groups in total. The summed E-state index contributed by atoms with van der Waals surface area (Å²) in [6.07, 6.45) is 0. The van der Waals surface area contributed by atoms with Crippen molar-refractivity contribution in [2.24, 2.45) is 0 Å². The van der Waals surface area contributed by atoms with Crippen molar-refractivity contribution in [2.75, 3.05) is 6.61 Å². The highest BCUT2D eigenvalue weighted by Gasteiger charge is 2.07. The third-order valence-corrected chi connectivity index (χ3v) is 2.13. The second kappa shape index (κ2) is 4.49. The Hall–Kier alpha value is -0.730. The molecule has 0 amide bonds. The fourth-order valence-corrected chi connectivity index (χ4v) is 1.10. The van der Waals surface area contributed by atoms with Gasteiger partial charge in [0, 0.05) is 0 Å². The first-order valence-corrected chi connectivity index (χ1v) is 4.32. The number of benzene rings is 1. The molecule has 0 aliphatic heterocycles. The molecule has 0 fully saturated rings. The van der Waals surface area contributed by atoms with Crippen LogP contribution in [0.15, 0.2) is 18.2 Å². The van der Waals surface area contributed by atoms with Gasteiger partial charge in [0.1, 0.15) is 0 Å². The van der Waals surface area contributed by atoms with Crippen LogP contribution in [0, 0.1) is 6.92 Å². The van der Waals surface area contributed by atoms with Gasteiger partial charge < -0.3 is 4.74 Å². The number of hydrogen-bond donors (Lipinski definition) is 0. The van der Waals surface area contributed by atoms with Gasteiger partial charge in [-0.1, -0.05) is 23.2 Å². The Morgan fingerprint density at radius 3 is 2.62 bits per heavy atom. The second-order valence-electron chi connectivity index (χ2n) is 2.26. The summed E-state index contributed by atoms with van der Waals surface area (Å²) in [5, 5.41) is 0.744. The fraction of sp³-hybridized carbons (Fsp3) is 0.111. The van der Waals surface area contributed by atoms with Crippen molar-refractivity contribution in [1.82, 2.24) is 0 Å². The molecule has 1 aromatic rings. The standard InChI is InChI=1S/C9H7Cl2O2/c1-2-13-9(12)6-3-4-7(10)8(11)5-6/h3-5H,1-2H2. The van der Waals surface area contributed by atoms with Crippen LogP contribution in [0.25, 0.3) is 0 Å². The van der Waals surface area contributed by atoms with Crippen molar-refractivity contribution >= 4 is 29.2 Å². The fourth-order valence-electron chi connectivity index (χ4n) is 0.799. The zero-order valence-corrected chi connectivity index (χ0v) is 8.23. The number of rotatable bonds is 2. The number of hydrogen-bond acceptors (Lipinski definition) is 2. The predicted molar refractivity (Wildman–Crippen MR) is 52.1 cm³/mol. The predicted octanol–water partition coefficient (Wildman–Crippen LogP) is 2.98. The van der Waals surface area contributed by atoms with E-state index >= 15 is 0 Å². The van der Waals surface area contributed by atoms with Crippen molar-refractivity contribution in [3.8, 4) is 0 Å². The lowest BCUT2D eigenvalue weighted by molar-refractivity contribution is 0.0547. The van der Waals surface area contributed by atoms with Crippen molar-refractivity contribution in [1.29, 1.82) is 0 Å². The first-order chi connectivity index (χ1) is 6.15. The molecular weight excluding hydrogens is 211 g/mol. The number of carbonyl (C=O) groups is 1. The van der Waals surface area contributed by atoms with E-state index in [4.69, 9.17) is 23.2 Å². The molecule has 0 atom stereocenters. The third kappa shape index (κ3) is 2.61. The second-order valence-corrected chi connectivity index (χ2v) is 3.08. The van der Waals surface area contributed by atoms with E-state index in [1.165, 1.54) is 6.07 Å². The van der Waals surface area contributed by atoms with Gasteiger partial charge in [-0.3, -0.25) is 0 Å². The molecule has 13 heavy (non-hydrogen) atoms. The molecule has 4 heteroatoms. The van der Waals surface area contributed by atoms with E-state index in [-0.39, 0.29) is 6.61 Å². The molecule has 0 aliphatic carbocycles. The average Bonchev–Trinajstić information content (AvgIpc) is 2.10. The molecule has 0 saturated heterocycles. The molecule has 1 rings (SSSR count). The lowest BCUT2D eigenvalue weighted by Gasteiger charge is -2.02. The molecule has 0 aliphatic rings. The van der Waals surface area contributed by atoms with E-state index in [0.717, 1.165) is 0 Å². The highest BCUT2D eigenvalue weighted by molar-refractivity contribution is 6.42. The van der Waals surface area contributed by atoms with E-state index in [0.29, 0.717) is 15.6 Å². The average molecular weight is 218 g/mol. The van der Waals surface area contributed by atoms with E-state index < -0.39 is 5.97 Å². The van der Waals surface area contributed by atoms with Gasteiger partial charge in [0.15, 0.2) is 0 Å². The summed E-state index contributed by atoms with van der Waals surface area (Å²) in [6, 6.07) is 4.55. The van der Waals surface area contributed by atoms with E-state index in [1.54, 1.807) is 12.1 Å². The Morgan fingerprint density at radius 2 is 2.08 bits per heavy atom. The molecule has 0 unspecified atom stereocenters. The topological polar surface area (TPSA) is 26.3 Å². The first kappa shape index (κ1) is 10.4. The monoisotopic (exact) mass is 217 g/mol. The summed E-state index contributed by atoms with van der Waals surface area (Å²) in [7, 11) is 0. The van der Waals surface area contributed by atoms with E-state index in [9.17, 15) is 4.79 Å². The van der Waals surface area contributed by atoms with Gasteiger partial charge in [0.05, 0.1) is 22.2 Å². The summed E-state index contributed by atoms with van der Waals surface area (Å²) in [4.78, 5) is 11.1. The summed E-state index contributed by atoms with van der Waals surface area (Å²) in [5.74, 6) is -0.450. The zero-order valence-electron chi connectivity index (χ0n) is 6.72. The number of ether oxygens (including phenoxy) is 1. The van der Waals surface area contributed by atoms with Crippen LogP contribution < -0.4 is 0 Å². The van der Waals surface area contributed by atoms with Crippen LogP contribution in [0.3, 0.4) is 0 Å². The highest BCUT2D eigenvalue weighted by Crippen LogP contribution is 2.22. The molecule has 0 bridgehead atoms. The maximum atomic E-state index is 11.1. The van der Waals surface area contributed by atoms with Crippen LogP contribution in [0.4, 0.5) is 0 Å². The quantitative estimate of drug-likeness (QED) is 0.713. The third-order valence-electron chi connectivity index (χ3n) is 1.39. The molecule has 0 heterocycles. The minimum Gasteiger partial charge on any atom is -0.462 e. The van der Waals surface area contributed by atoms with Crippen LogP contribution in [0.1, 0.15) is 10.4 Å². The molecule has 2 nitrogen and oxygen atoms in total. The van der Waals surface area contributed by atoms with Gasteiger partial charge in [-0.15, -0.1) is 0 Å². The molecule has 0 saturated carbocycles. The van der Waals surface area contributed by atoms with Gasteiger partial charge in [0.25, 0.3) is 0 Å². The molecule has 1 aromatic carbocycles. The van der Waals surface area contributed by atoms with Gasteiger partial charge in [-0.25, -0.2) is 4.79 Å². The maximum Gasteiger partial charge on any atom is 0.338 e. The van der Waals surface area contributed by atoms with Crippen LogP contribution in [0.2, 0.25) is 10.0 Å². The van der Waals surface area contributed by atoms with Crippen LogP contribution >= 0.6 is 23.2 Å². The van der Waals surface area contributed by atoms with Gasteiger partial charge in [-0.05, 0) is 25.1 Å². The maximum absolute atomic E-state index is 11.1. The molecular formula is C9H7Cl2O2. The molecule has 1 radical (unpaired) electrons. The normalized spacial score (nSPS) is 9.77. The molecule has 69 valence electrons. The Balaban J connectivity index is 2.90. The Bertz CT molecular complexity index is 323. The zero-order chi connectivity index (χ0) is 9.84. The van der Waals surface area contributed by atoms with Gasteiger partial charge >= 0.3 is 5.97 Å². The summed E-state index contributed by atoms with van der Waals surface area (Å²) in [5.41, 5.74) is 0.373. The van der Waals surface area contributed by atoms with Gasteiger partial charge in [-0.2, -0.15) is 0 Å². The summed E-state index contributed by atoms with van der Waals surface area (Å²) < 4.78 is 4.67. The minimum atomic E-state index is -0.450. The minimum absolute atomic E-state index is 0.0963. The van der Waals surface area contributed by atoms with Gasteiger partial charge in [0.2, 0.25) is 0 Å². The van der Waals surface area contributed by atoms with Crippen molar-refractivity contribution in [3.63, 3.8) is 0 Å². The number of halogens is 2. The Morgan fingerprint density at radius 1 is 1.38 bits per heavy atom.